The number of hydrogen-bond acceptors (Lipinski definition) is 6. The van der Waals surface area contributed by atoms with Crippen LogP contribution in [0.15, 0.2) is 48.8 Å². The second-order valence-corrected chi connectivity index (χ2v) is 6.88. The van der Waals surface area contributed by atoms with Gasteiger partial charge in [0.15, 0.2) is 23.2 Å². The maximum atomic E-state index is 14.9. The van der Waals surface area contributed by atoms with Crippen molar-refractivity contribution in [3.05, 3.63) is 71.0 Å². The molecule has 9 heteroatoms. The van der Waals surface area contributed by atoms with Crippen LogP contribution in [0.25, 0.3) is 0 Å². The van der Waals surface area contributed by atoms with Crippen LogP contribution in [0.1, 0.15) is 10.4 Å². The van der Waals surface area contributed by atoms with Gasteiger partial charge in [-0.2, -0.15) is 4.39 Å². The monoisotopic (exact) mass is 416 g/mol. The zero-order valence-electron chi connectivity index (χ0n) is 15.0. The van der Waals surface area contributed by atoms with E-state index < -0.39 is 11.6 Å². The van der Waals surface area contributed by atoms with Crippen LogP contribution >= 0.6 is 11.6 Å². The van der Waals surface area contributed by atoms with Crippen molar-refractivity contribution in [1.82, 2.24) is 9.97 Å². The molecule has 1 saturated heterocycles. The van der Waals surface area contributed by atoms with Crippen molar-refractivity contribution in [2.24, 2.45) is 0 Å². The van der Waals surface area contributed by atoms with E-state index in [9.17, 15) is 13.6 Å². The number of benzene rings is 2. The van der Waals surface area contributed by atoms with Gasteiger partial charge in [-0.15, -0.1) is 0 Å². The highest BCUT2D eigenvalue weighted by Crippen LogP contribution is 2.30. The van der Waals surface area contributed by atoms with Crippen LogP contribution in [0.5, 0.6) is 5.75 Å². The van der Waals surface area contributed by atoms with Crippen molar-refractivity contribution < 1.29 is 18.3 Å². The van der Waals surface area contributed by atoms with E-state index in [1.54, 1.807) is 29.2 Å². The van der Waals surface area contributed by atoms with E-state index in [-0.39, 0.29) is 28.5 Å². The van der Waals surface area contributed by atoms with Crippen LogP contribution in [0.3, 0.4) is 0 Å². The van der Waals surface area contributed by atoms with E-state index in [0.29, 0.717) is 30.6 Å². The number of rotatable bonds is 6. The zero-order valence-corrected chi connectivity index (χ0v) is 15.7. The molecule has 0 atom stereocenters. The zero-order chi connectivity index (χ0) is 20.4. The first-order valence-corrected chi connectivity index (χ1v) is 9.10. The Morgan fingerprint density at radius 2 is 2.00 bits per heavy atom. The van der Waals surface area contributed by atoms with Gasteiger partial charge in [-0.25, -0.2) is 14.4 Å². The lowest BCUT2D eigenvalue weighted by molar-refractivity contribution is 0.112. The Labute approximate surface area is 170 Å². The number of aldehydes is 1. The van der Waals surface area contributed by atoms with Gasteiger partial charge in [0.05, 0.1) is 13.1 Å². The summed E-state index contributed by atoms with van der Waals surface area (Å²) in [4.78, 5) is 20.5. The van der Waals surface area contributed by atoms with E-state index in [1.165, 1.54) is 24.5 Å². The molecule has 0 bridgehead atoms. The van der Waals surface area contributed by atoms with Crippen LogP contribution in [0.2, 0.25) is 5.02 Å². The van der Waals surface area contributed by atoms with E-state index in [2.05, 4.69) is 15.3 Å². The van der Waals surface area contributed by atoms with Gasteiger partial charge >= 0.3 is 0 Å². The average Bonchev–Trinajstić information content (AvgIpc) is 2.68. The fourth-order valence-electron chi connectivity index (χ4n) is 2.93. The minimum absolute atomic E-state index is 0.00818. The number of aromatic nitrogens is 2. The number of hydrogen-bond donors (Lipinski definition) is 1. The number of carbonyl (C=O) groups excluding carboxylic acids is 1. The molecule has 29 heavy (non-hydrogen) atoms. The number of ether oxygens (including phenoxy) is 1. The first-order chi connectivity index (χ1) is 14.0. The summed E-state index contributed by atoms with van der Waals surface area (Å²) in [5.41, 5.74) is 0.989. The highest BCUT2D eigenvalue weighted by atomic mass is 35.5. The summed E-state index contributed by atoms with van der Waals surface area (Å²) in [7, 11) is 0. The Bertz CT molecular complexity index is 1060. The molecule has 1 aliphatic rings. The van der Waals surface area contributed by atoms with E-state index in [1.807, 2.05) is 0 Å². The molecule has 148 valence electrons. The first kappa shape index (κ1) is 19.1. The molecule has 1 N–H and O–H groups in total. The maximum Gasteiger partial charge on any atom is 0.208 e. The summed E-state index contributed by atoms with van der Waals surface area (Å²) in [6.45, 7) is 0.687. The van der Waals surface area contributed by atoms with Crippen molar-refractivity contribution >= 4 is 35.2 Å². The molecular formula is C20H15ClF2N4O2. The summed E-state index contributed by atoms with van der Waals surface area (Å²) >= 11 is 5.73. The van der Waals surface area contributed by atoms with Gasteiger partial charge in [0.2, 0.25) is 5.82 Å². The van der Waals surface area contributed by atoms with Crippen molar-refractivity contribution in [1.29, 1.82) is 0 Å². The molecule has 1 aliphatic heterocycles. The summed E-state index contributed by atoms with van der Waals surface area (Å²) in [6, 6.07) is 10.8. The molecule has 6 nitrogen and oxygen atoms in total. The molecule has 0 radical (unpaired) electrons. The van der Waals surface area contributed by atoms with Gasteiger partial charge in [0.25, 0.3) is 0 Å². The fourth-order valence-corrected chi connectivity index (χ4v) is 3.09. The van der Waals surface area contributed by atoms with Crippen molar-refractivity contribution in [2.75, 3.05) is 23.3 Å². The van der Waals surface area contributed by atoms with Gasteiger partial charge in [0.1, 0.15) is 18.7 Å². The van der Waals surface area contributed by atoms with Gasteiger partial charge in [-0.05, 0) is 30.3 Å². The summed E-state index contributed by atoms with van der Waals surface area (Å²) in [5.74, 6) is -0.968. The Kier molecular flexibility index (Phi) is 5.26. The minimum Gasteiger partial charge on any atom is -0.484 e. The highest BCUT2D eigenvalue weighted by Gasteiger charge is 2.33. The quantitative estimate of drug-likeness (QED) is 0.606. The summed E-state index contributed by atoms with van der Waals surface area (Å²) < 4.78 is 34.3. The third kappa shape index (κ3) is 4.12. The summed E-state index contributed by atoms with van der Waals surface area (Å²) in [5, 5.41) is 3.13. The predicted octanol–water partition coefficient (Wildman–Crippen LogP) is 4.23. The molecule has 4 rings (SSSR count). The standard InChI is InChI=1S/C20H15ClF2N4O2/c21-13-4-5-17(16(22)7-13)29-15-8-27(9-15)20-18(23)19(24-11-25-20)26-14-3-1-2-12(6-14)10-28/h1-7,10-11,15H,8-9H2,(H,24,25,26). The largest absolute Gasteiger partial charge is 0.484 e. The lowest BCUT2D eigenvalue weighted by Gasteiger charge is -2.39. The molecule has 1 aromatic heterocycles. The minimum atomic E-state index is -0.625. The number of halogens is 3. The third-order valence-corrected chi connectivity index (χ3v) is 4.63. The molecule has 0 aliphatic carbocycles. The Morgan fingerprint density at radius 3 is 2.76 bits per heavy atom. The lowest BCUT2D eigenvalue weighted by Crippen LogP contribution is -2.54. The second kappa shape index (κ2) is 8.00. The molecule has 2 aromatic carbocycles. The van der Waals surface area contributed by atoms with Crippen molar-refractivity contribution in [3.63, 3.8) is 0 Å². The van der Waals surface area contributed by atoms with Crippen LogP contribution in [-0.2, 0) is 0 Å². The van der Waals surface area contributed by atoms with Gasteiger partial charge in [-0.3, -0.25) is 4.79 Å². The molecule has 0 amide bonds. The Balaban J connectivity index is 1.43. The van der Waals surface area contributed by atoms with Crippen LogP contribution in [0.4, 0.5) is 26.1 Å². The third-order valence-electron chi connectivity index (χ3n) is 4.39. The number of anilines is 3. The number of nitrogens with zero attached hydrogens (tertiary/aromatic N) is 3. The van der Waals surface area contributed by atoms with E-state index in [0.717, 1.165) is 0 Å². The summed E-state index contributed by atoms with van der Waals surface area (Å²) in [6.07, 6.45) is 1.65. The van der Waals surface area contributed by atoms with Crippen molar-refractivity contribution in [3.8, 4) is 5.75 Å². The predicted molar refractivity (Wildman–Crippen MR) is 105 cm³/mol. The van der Waals surface area contributed by atoms with Gasteiger partial charge in [0, 0.05) is 16.3 Å². The molecule has 0 saturated carbocycles. The second-order valence-electron chi connectivity index (χ2n) is 6.45. The normalized spacial score (nSPS) is 13.7. The van der Waals surface area contributed by atoms with Crippen LogP contribution < -0.4 is 15.0 Å². The maximum absolute atomic E-state index is 14.9. The molecule has 2 heterocycles. The van der Waals surface area contributed by atoms with E-state index >= 15 is 0 Å². The topological polar surface area (TPSA) is 67.4 Å². The first-order valence-electron chi connectivity index (χ1n) is 8.73. The van der Waals surface area contributed by atoms with Gasteiger partial charge in [-0.1, -0.05) is 23.7 Å². The van der Waals surface area contributed by atoms with E-state index in [4.69, 9.17) is 16.3 Å². The van der Waals surface area contributed by atoms with Crippen LogP contribution in [0, 0.1) is 11.6 Å². The molecule has 0 spiro atoms. The molecule has 1 fully saturated rings. The molecule has 3 aromatic rings. The SMILES string of the molecule is O=Cc1cccc(Nc2ncnc(N3CC(Oc4ccc(Cl)cc4F)C3)c2F)c1. The Morgan fingerprint density at radius 1 is 1.17 bits per heavy atom. The lowest BCUT2D eigenvalue weighted by atomic mass is 10.1. The molecule has 0 unspecified atom stereocenters. The van der Waals surface area contributed by atoms with Crippen molar-refractivity contribution in [2.45, 2.75) is 6.10 Å². The smallest absolute Gasteiger partial charge is 0.208 e. The Hall–Kier alpha value is -3.26. The number of nitrogens with one attached hydrogen (secondary N) is 1. The highest BCUT2D eigenvalue weighted by molar-refractivity contribution is 6.30. The number of carbonyl (C=O) groups is 1. The van der Waals surface area contributed by atoms with Crippen LogP contribution in [-0.4, -0.2) is 35.4 Å². The average molecular weight is 417 g/mol. The fraction of sp³-hybridized carbons (Fsp3) is 0.150. The molecular weight excluding hydrogens is 402 g/mol. The van der Waals surface area contributed by atoms with Gasteiger partial charge < -0.3 is 15.0 Å².